The van der Waals surface area contributed by atoms with E-state index in [1.54, 1.807) is 0 Å². The van der Waals surface area contributed by atoms with Gasteiger partial charge in [0.25, 0.3) is 0 Å². The molecule has 8 N–H and O–H groups in total. The third-order valence-electron chi connectivity index (χ3n) is 9.79. The van der Waals surface area contributed by atoms with E-state index >= 15 is 0 Å². The van der Waals surface area contributed by atoms with Crippen LogP contribution in [0.2, 0.25) is 0 Å². The molecule has 34 heteroatoms. The number of nitrogens with zero attached hydrogens (tertiary/aromatic N) is 8. The SMILES string of the molecule is O=C(O)c1cc(Cc2ccc(N=Nc3c(O)ccc(N=Nc4ccc(S(=O)(=O)CCOS(=O)(=O)O)cc4)c3O)c(C(=O)O)c2)ccc1N=Nc1c(O)ccc(N=Nc2ccc(S(=O)(=O)CCOSOOO)cc2)c1O.[Cu].[Cu]. The average Bonchev–Trinajstić information content (AvgIpc) is 3.36. The zero-order valence-corrected chi connectivity index (χ0v) is 43.4. The Morgan fingerprint density at radius 3 is 1.29 bits per heavy atom. The van der Waals surface area contributed by atoms with Crippen molar-refractivity contribution in [3.8, 4) is 23.0 Å². The molecule has 0 saturated carbocycles. The zero-order valence-electron chi connectivity index (χ0n) is 38.2. The Balaban J connectivity index is 0.00000640. The molecule has 28 nitrogen and oxygen atoms in total. The maximum absolute atomic E-state index is 12.5. The number of phenols is 4. The van der Waals surface area contributed by atoms with Gasteiger partial charge in [0.15, 0.2) is 54.9 Å². The summed E-state index contributed by atoms with van der Waals surface area (Å²) in [6.45, 7) is -1.13. The van der Waals surface area contributed by atoms with Gasteiger partial charge < -0.3 is 30.6 Å². The first kappa shape index (κ1) is 62.4. The second kappa shape index (κ2) is 27.8. The van der Waals surface area contributed by atoms with E-state index in [0.717, 1.165) is 30.3 Å². The number of aromatic carboxylic acids is 2. The predicted molar refractivity (Wildman–Crippen MR) is 259 cm³/mol. The van der Waals surface area contributed by atoms with Crippen LogP contribution in [-0.4, -0.2) is 102 Å². The van der Waals surface area contributed by atoms with Crippen molar-refractivity contribution in [2.45, 2.75) is 16.2 Å². The van der Waals surface area contributed by atoms with Gasteiger partial charge >= 0.3 is 22.3 Å². The van der Waals surface area contributed by atoms with Gasteiger partial charge in [0, 0.05) is 34.1 Å². The smallest absolute Gasteiger partial charge is 0.397 e. The van der Waals surface area contributed by atoms with Crippen LogP contribution in [0.3, 0.4) is 0 Å². The van der Waals surface area contributed by atoms with Gasteiger partial charge in [-0.15, -0.1) is 35.0 Å². The molecule has 2 radical (unpaired) electrons. The normalized spacial score (nSPS) is 12.1. The maximum atomic E-state index is 12.5. The Bertz CT molecular complexity index is 3600. The fraction of sp³-hybridized carbons (Fsp3) is 0.116. The van der Waals surface area contributed by atoms with E-state index in [2.05, 4.69) is 54.5 Å². The van der Waals surface area contributed by atoms with E-state index in [4.69, 9.17) is 14.0 Å². The van der Waals surface area contributed by atoms with E-state index in [0.29, 0.717) is 11.1 Å². The number of phenolic OH excluding ortho intramolecular Hbond substituents is 4. The van der Waals surface area contributed by atoms with Gasteiger partial charge in [-0.25, -0.2) is 35.9 Å². The van der Waals surface area contributed by atoms with Crippen LogP contribution in [-0.2, 0) is 88.4 Å². The molecule has 0 atom stereocenters. The molecule has 0 aromatic heterocycles. The minimum atomic E-state index is -4.84. The van der Waals surface area contributed by atoms with Crippen LogP contribution in [0.25, 0.3) is 0 Å². The van der Waals surface area contributed by atoms with Crippen molar-refractivity contribution >= 4 is 99.8 Å². The Labute approximate surface area is 460 Å². The molecule has 0 heterocycles. The summed E-state index contributed by atoms with van der Waals surface area (Å²) >= 11 is 0.225. The molecule has 0 aliphatic heterocycles. The largest absolute Gasteiger partial charge is 0.505 e. The van der Waals surface area contributed by atoms with Gasteiger partial charge in [-0.05, 0) is 115 Å². The topological polar surface area (TPSA) is 434 Å². The summed E-state index contributed by atoms with van der Waals surface area (Å²) in [6.07, 6.45) is -0.0197. The summed E-state index contributed by atoms with van der Waals surface area (Å²) in [5.41, 5.74) is -1.65. The number of azo groups is 4. The van der Waals surface area contributed by atoms with Gasteiger partial charge in [-0.1, -0.05) is 17.2 Å². The molecule has 0 saturated heterocycles. The molecule has 0 aliphatic rings. The Hall–Kier alpha value is -7.14. The molecular formula is C43H36Cu2N8O20S4. The number of aromatic hydroxyl groups is 4. The minimum absolute atomic E-state index is 0. The van der Waals surface area contributed by atoms with Crippen molar-refractivity contribution in [2.24, 2.45) is 40.9 Å². The van der Waals surface area contributed by atoms with Crippen LogP contribution in [0, 0.1) is 0 Å². The van der Waals surface area contributed by atoms with Gasteiger partial charge in [0.05, 0.1) is 57.0 Å². The molecule has 0 fully saturated rings. The molecule has 0 bridgehead atoms. The van der Waals surface area contributed by atoms with Gasteiger partial charge in [0.2, 0.25) is 0 Å². The molecule has 0 amide bonds. The van der Waals surface area contributed by atoms with Gasteiger partial charge in [0.1, 0.15) is 34.2 Å². The van der Waals surface area contributed by atoms with Crippen LogP contribution in [0.4, 0.5) is 45.5 Å². The zero-order chi connectivity index (χ0) is 54.5. The number of carbonyl (C=O) groups is 2. The maximum Gasteiger partial charge on any atom is 0.397 e. The van der Waals surface area contributed by atoms with Crippen molar-refractivity contribution in [3.05, 3.63) is 131 Å². The van der Waals surface area contributed by atoms with E-state index in [-0.39, 0.29) is 115 Å². The molecule has 6 rings (SSSR count). The number of benzene rings is 6. The third-order valence-corrected chi connectivity index (χ3v) is 14.0. The van der Waals surface area contributed by atoms with E-state index in [9.17, 15) is 65.5 Å². The van der Waals surface area contributed by atoms with Gasteiger partial charge in [-0.3, -0.25) is 8.74 Å². The van der Waals surface area contributed by atoms with Crippen molar-refractivity contribution in [2.75, 3.05) is 24.7 Å². The molecular weight excluding hydrogens is 1200 g/mol. The second-order valence-corrected chi connectivity index (χ2v) is 20.6. The number of rotatable bonds is 24. The molecule has 6 aromatic carbocycles. The summed E-state index contributed by atoms with van der Waals surface area (Å²) in [5.74, 6) is -6.66. The fourth-order valence-electron chi connectivity index (χ4n) is 6.18. The van der Waals surface area contributed by atoms with Crippen molar-refractivity contribution < 1.29 is 127 Å². The predicted octanol–water partition coefficient (Wildman–Crippen LogP) is 9.52. The fourth-order valence-corrected chi connectivity index (χ4v) is 9.08. The molecule has 0 aliphatic carbocycles. The molecule has 414 valence electrons. The van der Waals surface area contributed by atoms with Crippen LogP contribution >= 0.6 is 12.3 Å². The molecule has 6 aromatic rings. The first-order valence-electron chi connectivity index (χ1n) is 20.6. The summed E-state index contributed by atoms with van der Waals surface area (Å²) in [4.78, 5) is 24.4. The van der Waals surface area contributed by atoms with E-state index in [1.807, 2.05) is 0 Å². The summed E-state index contributed by atoms with van der Waals surface area (Å²) in [6, 6.07) is 22.5. The van der Waals surface area contributed by atoms with E-state index in [1.165, 1.54) is 78.9 Å². The summed E-state index contributed by atoms with van der Waals surface area (Å²) in [7, 11) is -12.7. The summed E-state index contributed by atoms with van der Waals surface area (Å²) < 4.78 is 92.9. The number of carboxylic acids is 2. The minimum Gasteiger partial charge on any atom is -0.505 e. The molecule has 77 heavy (non-hydrogen) atoms. The Morgan fingerprint density at radius 2 is 0.896 bits per heavy atom. The van der Waals surface area contributed by atoms with Gasteiger partial charge in [-0.2, -0.15) is 18.6 Å². The average molecular weight is 1240 g/mol. The second-order valence-electron chi connectivity index (χ2n) is 14.8. The number of hydrogen-bond acceptors (Lipinski definition) is 26. The molecule has 0 spiro atoms. The van der Waals surface area contributed by atoms with Crippen LogP contribution < -0.4 is 0 Å². The number of sulfone groups is 2. The van der Waals surface area contributed by atoms with E-state index < -0.39 is 94.5 Å². The molecule has 0 unspecified atom stereocenters. The van der Waals surface area contributed by atoms with Crippen LogP contribution in [0.5, 0.6) is 23.0 Å². The Kier molecular flexibility index (Phi) is 22.5. The van der Waals surface area contributed by atoms with Crippen molar-refractivity contribution in [3.63, 3.8) is 0 Å². The standard InChI is InChI=1S/C43H36N8O20S4.2Cu/c52-36-15-13-34(48-44-26-3-7-28(8-4-26)73(61,62)19-17-68-72-71-70-60)40(54)38(36)50-46-32-11-1-24(22-30(32)42(56)57)21-25-2-12-33(31(23-25)43(58)59)47-51-39-37(53)16-14-35(41(39)55)49-45-27-5-9-29(10-6-27)74(63,64)20-18-69-75(65,66)67;;/h1-16,22-23,52-55,60H,17-21H2,(H,56,57)(H,58,59)(H,65,66,67);;. The number of carboxylic acid groups (broad SMARTS) is 2. The monoisotopic (exact) mass is 1240 g/mol. The van der Waals surface area contributed by atoms with Crippen LogP contribution in [0.1, 0.15) is 31.8 Å². The Morgan fingerprint density at radius 1 is 0.506 bits per heavy atom. The first-order chi connectivity index (χ1) is 35.5. The van der Waals surface area contributed by atoms with Crippen molar-refractivity contribution in [1.29, 1.82) is 0 Å². The van der Waals surface area contributed by atoms with Crippen LogP contribution in [0.15, 0.2) is 160 Å². The number of hydrogen-bond donors (Lipinski definition) is 8. The quantitative estimate of drug-likeness (QED) is 0.00531. The first-order valence-corrected chi connectivity index (χ1v) is 25.9. The van der Waals surface area contributed by atoms with Crippen molar-refractivity contribution in [1.82, 2.24) is 0 Å². The third kappa shape index (κ3) is 17.4. The summed E-state index contributed by atoms with van der Waals surface area (Å²) in [5, 5.41) is 106.